The van der Waals surface area contributed by atoms with Gasteiger partial charge in [0.15, 0.2) is 0 Å². The summed E-state index contributed by atoms with van der Waals surface area (Å²) < 4.78 is 104. The van der Waals surface area contributed by atoms with Crippen LogP contribution in [0.25, 0.3) is 0 Å². The van der Waals surface area contributed by atoms with Gasteiger partial charge in [0.2, 0.25) is 0 Å². The van der Waals surface area contributed by atoms with Crippen molar-refractivity contribution in [2.45, 2.75) is 32.3 Å². The highest BCUT2D eigenvalue weighted by Crippen LogP contribution is 2.46. The molecule has 1 nitrogen and oxygen atoms in total. The summed E-state index contributed by atoms with van der Waals surface area (Å²) in [5, 5.41) is 0. The number of ether oxygens (including phenoxy) is 1. The number of alkyl halides is 8. The Labute approximate surface area is 108 Å². The minimum Gasteiger partial charge on any atom is -0.434 e. The van der Waals surface area contributed by atoms with E-state index >= 15 is 0 Å². The summed E-state index contributed by atoms with van der Waals surface area (Å²) in [7, 11) is 0. The third-order valence-electron chi connectivity index (χ3n) is 2.42. The Morgan fingerprint density at radius 3 is 1.90 bits per heavy atom. The summed E-state index contributed by atoms with van der Waals surface area (Å²) >= 11 is 0. The standard InChI is InChI=1S/C11H8F8O/c1-2-5-3-4-6(10(14,15)16)7(11(17,18)19)8(5)20-9(12)13/h3-4,9H,2H2,1H3. The van der Waals surface area contributed by atoms with E-state index in [0.717, 1.165) is 0 Å². The van der Waals surface area contributed by atoms with E-state index in [0.29, 0.717) is 6.07 Å². The Bertz CT molecular complexity index is 475. The van der Waals surface area contributed by atoms with Crippen molar-refractivity contribution >= 4 is 0 Å². The minimum absolute atomic E-state index is 0.191. The molecule has 0 heterocycles. The molecule has 1 rings (SSSR count). The molecule has 0 N–H and O–H groups in total. The lowest BCUT2D eigenvalue weighted by molar-refractivity contribution is -0.165. The van der Waals surface area contributed by atoms with Crippen molar-refractivity contribution in [2.75, 3.05) is 0 Å². The van der Waals surface area contributed by atoms with E-state index in [2.05, 4.69) is 4.74 Å². The molecule has 0 fully saturated rings. The molecular formula is C11H8F8O. The van der Waals surface area contributed by atoms with Gasteiger partial charge in [-0.05, 0) is 18.1 Å². The molecule has 20 heavy (non-hydrogen) atoms. The van der Waals surface area contributed by atoms with E-state index < -0.39 is 35.8 Å². The molecule has 0 spiro atoms. The summed E-state index contributed by atoms with van der Waals surface area (Å²) in [5.74, 6) is -1.48. The van der Waals surface area contributed by atoms with Gasteiger partial charge in [-0.25, -0.2) is 0 Å². The molecule has 0 aromatic heterocycles. The highest BCUT2D eigenvalue weighted by molar-refractivity contribution is 5.49. The smallest absolute Gasteiger partial charge is 0.420 e. The molecule has 0 atom stereocenters. The molecule has 9 heteroatoms. The average molecular weight is 308 g/mol. The van der Waals surface area contributed by atoms with Crippen LogP contribution in [0.2, 0.25) is 0 Å². The number of hydrogen-bond acceptors (Lipinski definition) is 1. The summed E-state index contributed by atoms with van der Waals surface area (Å²) in [6.45, 7) is -2.36. The van der Waals surface area contributed by atoms with E-state index in [1.165, 1.54) is 6.92 Å². The van der Waals surface area contributed by atoms with Crippen LogP contribution in [0.4, 0.5) is 35.1 Å². The van der Waals surface area contributed by atoms with Crippen molar-refractivity contribution in [3.8, 4) is 5.75 Å². The first-order chi connectivity index (χ1) is 8.98. The lowest BCUT2D eigenvalue weighted by Crippen LogP contribution is -2.20. The first-order valence-corrected chi connectivity index (χ1v) is 5.23. The number of benzene rings is 1. The highest BCUT2D eigenvalue weighted by atomic mass is 19.4. The van der Waals surface area contributed by atoms with Gasteiger partial charge in [0.1, 0.15) is 11.3 Å². The molecule has 0 radical (unpaired) electrons. The number of rotatable bonds is 3. The molecular weight excluding hydrogens is 300 g/mol. The molecule has 0 bridgehead atoms. The highest BCUT2D eigenvalue weighted by Gasteiger charge is 2.46. The molecule has 0 amide bonds. The predicted octanol–water partition coefficient (Wildman–Crippen LogP) is 4.89. The Hall–Kier alpha value is -1.54. The van der Waals surface area contributed by atoms with Crippen molar-refractivity contribution in [1.82, 2.24) is 0 Å². The normalized spacial score (nSPS) is 12.9. The Kier molecular flexibility index (Phi) is 4.50. The maximum atomic E-state index is 12.8. The second-order valence-electron chi connectivity index (χ2n) is 3.70. The van der Waals surface area contributed by atoms with Gasteiger partial charge in [0.25, 0.3) is 0 Å². The second-order valence-corrected chi connectivity index (χ2v) is 3.70. The van der Waals surface area contributed by atoms with Crippen LogP contribution < -0.4 is 4.74 Å². The van der Waals surface area contributed by atoms with Gasteiger partial charge in [0.05, 0.1) is 5.56 Å². The molecule has 0 aliphatic heterocycles. The molecule has 0 aliphatic carbocycles. The number of aryl methyl sites for hydroxylation is 1. The average Bonchev–Trinajstić information content (AvgIpc) is 2.24. The molecule has 0 aliphatic rings. The van der Waals surface area contributed by atoms with Crippen LogP contribution in [0.3, 0.4) is 0 Å². The maximum absolute atomic E-state index is 12.8. The Balaban J connectivity index is 3.66. The van der Waals surface area contributed by atoms with Crippen LogP contribution in [0.5, 0.6) is 5.75 Å². The van der Waals surface area contributed by atoms with Gasteiger partial charge < -0.3 is 4.74 Å². The Morgan fingerprint density at radius 1 is 1.00 bits per heavy atom. The van der Waals surface area contributed by atoms with Crippen LogP contribution in [0.15, 0.2) is 12.1 Å². The van der Waals surface area contributed by atoms with E-state index in [1.54, 1.807) is 0 Å². The van der Waals surface area contributed by atoms with Gasteiger partial charge in [0, 0.05) is 0 Å². The van der Waals surface area contributed by atoms with Crippen LogP contribution in [-0.2, 0) is 18.8 Å². The zero-order chi connectivity index (χ0) is 15.7. The summed E-state index contributed by atoms with van der Waals surface area (Å²) in [6.07, 6.45) is -11.0. The van der Waals surface area contributed by atoms with Crippen LogP contribution >= 0.6 is 0 Å². The maximum Gasteiger partial charge on any atom is 0.420 e. The zero-order valence-corrected chi connectivity index (χ0v) is 9.87. The molecule has 1 aromatic carbocycles. The van der Waals surface area contributed by atoms with Crippen molar-refractivity contribution in [2.24, 2.45) is 0 Å². The largest absolute Gasteiger partial charge is 0.434 e. The molecule has 114 valence electrons. The van der Waals surface area contributed by atoms with Gasteiger partial charge in [-0.3, -0.25) is 0 Å². The lowest BCUT2D eigenvalue weighted by atomic mass is 9.99. The van der Waals surface area contributed by atoms with E-state index in [4.69, 9.17) is 0 Å². The summed E-state index contributed by atoms with van der Waals surface area (Å²) in [4.78, 5) is 0. The number of hydrogen-bond donors (Lipinski definition) is 0. The molecule has 1 aromatic rings. The van der Waals surface area contributed by atoms with Gasteiger partial charge in [-0.1, -0.05) is 13.0 Å². The van der Waals surface area contributed by atoms with Gasteiger partial charge >= 0.3 is 19.0 Å². The van der Waals surface area contributed by atoms with Crippen molar-refractivity contribution in [3.63, 3.8) is 0 Å². The second kappa shape index (κ2) is 5.45. The van der Waals surface area contributed by atoms with E-state index in [1.807, 2.05) is 0 Å². The first kappa shape index (κ1) is 16.5. The fourth-order valence-corrected chi connectivity index (χ4v) is 1.65. The molecule has 0 saturated heterocycles. The van der Waals surface area contributed by atoms with Crippen molar-refractivity contribution in [1.29, 1.82) is 0 Å². The monoisotopic (exact) mass is 308 g/mol. The summed E-state index contributed by atoms with van der Waals surface area (Å²) in [6, 6.07) is 0.899. The van der Waals surface area contributed by atoms with Crippen LogP contribution in [0.1, 0.15) is 23.6 Å². The van der Waals surface area contributed by atoms with Crippen LogP contribution in [-0.4, -0.2) is 6.61 Å². The minimum atomic E-state index is -5.47. The van der Waals surface area contributed by atoms with E-state index in [9.17, 15) is 35.1 Å². The topological polar surface area (TPSA) is 9.23 Å². The zero-order valence-electron chi connectivity index (χ0n) is 9.87. The SMILES string of the molecule is CCc1ccc(C(F)(F)F)c(C(F)(F)F)c1OC(F)F. The van der Waals surface area contributed by atoms with Gasteiger partial charge in [-0.15, -0.1) is 0 Å². The molecule has 0 unspecified atom stereocenters. The fraction of sp³-hybridized carbons (Fsp3) is 0.455. The van der Waals surface area contributed by atoms with Gasteiger partial charge in [-0.2, -0.15) is 35.1 Å². The quantitative estimate of drug-likeness (QED) is 0.723. The third kappa shape index (κ3) is 3.51. The number of halogens is 8. The first-order valence-electron chi connectivity index (χ1n) is 5.23. The fourth-order valence-electron chi connectivity index (χ4n) is 1.65. The Morgan fingerprint density at radius 2 is 1.55 bits per heavy atom. The van der Waals surface area contributed by atoms with Crippen LogP contribution in [0, 0.1) is 0 Å². The predicted molar refractivity (Wildman–Crippen MR) is 52.5 cm³/mol. The van der Waals surface area contributed by atoms with Crippen molar-refractivity contribution < 1.29 is 39.9 Å². The molecule has 0 saturated carbocycles. The lowest BCUT2D eigenvalue weighted by Gasteiger charge is -2.21. The third-order valence-corrected chi connectivity index (χ3v) is 2.42. The summed E-state index contributed by atoms with van der Waals surface area (Å²) in [5.41, 5.74) is -4.67. The van der Waals surface area contributed by atoms with Crippen molar-refractivity contribution in [3.05, 3.63) is 28.8 Å². The van der Waals surface area contributed by atoms with E-state index in [-0.39, 0.29) is 18.1 Å².